The van der Waals surface area contributed by atoms with Crippen LogP contribution in [0.1, 0.15) is 66.8 Å². The molecular weight excluding hydrogens is 540 g/mol. The molecule has 2 amide bonds. The normalized spacial score (nSPS) is 15.1. The minimum absolute atomic E-state index is 0.0133. The van der Waals surface area contributed by atoms with Crippen molar-refractivity contribution < 1.29 is 14.3 Å². The van der Waals surface area contributed by atoms with Gasteiger partial charge in [-0.05, 0) is 59.7 Å². The van der Waals surface area contributed by atoms with Gasteiger partial charge in [-0.2, -0.15) is 0 Å². The molecule has 0 saturated carbocycles. The van der Waals surface area contributed by atoms with Gasteiger partial charge in [0, 0.05) is 49.3 Å². The van der Waals surface area contributed by atoms with E-state index in [1.165, 1.54) is 18.1 Å². The van der Waals surface area contributed by atoms with Crippen LogP contribution in [0.3, 0.4) is 0 Å². The van der Waals surface area contributed by atoms with Crippen LogP contribution in [0.5, 0.6) is 5.75 Å². The number of imidazole rings is 1. The Hall–Kier alpha value is -4.50. The van der Waals surface area contributed by atoms with E-state index in [1.807, 2.05) is 42.5 Å². The van der Waals surface area contributed by atoms with E-state index in [1.54, 1.807) is 30.5 Å². The monoisotopic (exact) mass is 580 g/mol. The molecule has 2 N–H and O–H groups in total. The van der Waals surface area contributed by atoms with Crippen molar-refractivity contribution >= 4 is 17.5 Å². The Morgan fingerprint density at radius 2 is 1.81 bits per heavy atom. The number of hydrogen-bond acceptors (Lipinski definition) is 6. The van der Waals surface area contributed by atoms with Crippen molar-refractivity contribution in [1.82, 2.24) is 25.2 Å². The average molecular weight is 581 g/mol. The summed E-state index contributed by atoms with van der Waals surface area (Å²) in [7, 11) is 1.68. The fraction of sp³-hybridized carbons (Fsp3) is 0.353. The number of nitrogens with zero attached hydrogens (tertiary/aromatic N) is 4. The van der Waals surface area contributed by atoms with Crippen molar-refractivity contribution in [2.75, 3.05) is 25.1 Å². The SMILES string of the molecule is COc1cccc(CN2CCC(NC(=O)C(c3cccnc3)N(C(=O)c3cnc[nH]3)c3ccc(C(C)(C)C)cc3)CC2)c1. The molecule has 224 valence electrons. The number of hydrogen-bond donors (Lipinski definition) is 2. The van der Waals surface area contributed by atoms with Gasteiger partial charge in [0.15, 0.2) is 0 Å². The second kappa shape index (κ2) is 13.2. The summed E-state index contributed by atoms with van der Waals surface area (Å²) >= 11 is 0. The van der Waals surface area contributed by atoms with Gasteiger partial charge in [0.1, 0.15) is 17.5 Å². The number of carbonyl (C=O) groups is 2. The van der Waals surface area contributed by atoms with Crippen molar-refractivity contribution in [2.45, 2.75) is 57.7 Å². The molecule has 0 spiro atoms. The maximum atomic E-state index is 14.2. The van der Waals surface area contributed by atoms with Gasteiger partial charge in [0.05, 0.1) is 19.6 Å². The third kappa shape index (κ3) is 7.29. The van der Waals surface area contributed by atoms with Gasteiger partial charge >= 0.3 is 0 Å². The van der Waals surface area contributed by atoms with Crippen molar-refractivity contribution in [1.29, 1.82) is 0 Å². The zero-order valence-corrected chi connectivity index (χ0v) is 25.3. The molecule has 5 rings (SSSR count). The number of amides is 2. The molecule has 0 aliphatic carbocycles. The van der Waals surface area contributed by atoms with Gasteiger partial charge in [-0.25, -0.2) is 4.98 Å². The third-order valence-corrected chi connectivity index (χ3v) is 7.94. The van der Waals surface area contributed by atoms with Gasteiger partial charge in [0.2, 0.25) is 5.91 Å². The number of H-pyrrole nitrogens is 1. The van der Waals surface area contributed by atoms with Crippen LogP contribution in [0.4, 0.5) is 5.69 Å². The Morgan fingerprint density at radius 1 is 1.05 bits per heavy atom. The quantitative estimate of drug-likeness (QED) is 0.279. The topological polar surface area (TPSA) is 103 Å². The molecule has 2 aromatic carbocycles. The molecule has 1 unspecified atom stereocenters. The number of ether oxygens (including phenoxy) is 1. The number of pyridine rings is 1. The molecule has 0 radical (unpaired) electrons. The van der Waals surface area contributed by atoms with E-state index in [4.69, 9.17) is 4.74 Å². The van der Waals surface area contributed by atoms with Crippen LogP contribution >= 0.6 is 0 Å². The highest BCUT2D eigenvalue weighted by molar-refractivity contribution is 6.09. The van der Waals surface area contributed by atoms with Crippen molar-refractivity contribution in [2.24, 2.45) is 0 Å². The maximum absolute atomic E-state index is 14.2. The van der Waals surface area contributed by atoms with E-state index in [2.05, 4.69) is 58.1 Å². The lowest BCUT2D eigenvalue weighted by atomic mass is 9.87. The zero-order valence-electron chi connectivity index (χ0n) is 25.3. The molecule has 4 aromatic rings. The van der Waals surface area contributed by atoms with Crippen LogP contribution in [0.15, 0.2) is 85.6 Å². The van der Waals surface area contributed by atoms with Gasteiger partial charge in [0.25, 0.3) is 5.91 Å². The van der Waals surface area contributed by atoms with Crippen LogP contribution in [-0.4, -0.2) is 57.9 Å². The summed E-state index contributed by atoms with van der Waals surface area (Å²) < 4.78 is 5.37. The summed E-state index contributed by atoms with van der Waals surface area (Å²) in [6.07, 6.45) is 7.88. The van der Waals surface area contributed by atoms with Crippen LogP contribution in [0.25, 0.3) is 0 Å². The summed E-state index contributed by atoms with van der Waals surface area (Å²) in [6.45, 7) is 8.96. The number of piperidine rings is 1. The maximum Gasteiger partial charge on any atom is 0.277 e. The Labute approximate surface area is 253 Å². The molecular formula is C34H40N6O3. The Balaban J connectivity index is 1.38. The largest absolute Gasteiger partial charge is 0.497 e. The number of anilines is 1. The first-order valence-corrected chi connectivity index (χ1v) is 14.7. The lowest BCUT2D eigenvalue weighted by Crippen LogP contribution is -2.50. The first kappa shape index (κ1) is 30.0. The number of aromatic nitrogens is 3. The number of benzene rings is 2. The van der Waals surface area contributed by atoms with Gasteiger partial charge < -0.3 is 15.0 Å². The van der Waals surface area contributed by atoms with Gasteiger partial charge in [-0.15, -0.1) is 0 Å². The van der Waals surface area contributed by atoms with Crippen LogP contribution < -0.4 is 15.0 Å². The standard InChI is InChI=1S/C34H40N6O3/c1-34(2,3)26-10-12-28(13-11-26)40(33(42)30-21-36-23-37-30)31(25-8-6-16-35-20-25)32(41)38-27-14-17-39(18-15-27)22-24-7-5-9-29(19-24)43-4/h5-13,16,19-21,23,27,31H,14-15,17-18,22H2,1-4H3,(H,36,37)(H,38,41). The van der Waals surface area contributed by atoms with Crippen molar-refractivity contribution in [3.8, 4) is 5.75 Å². The molecule has 9 heteroatoms. The van der Waals surface area contributed by atoms with E-state index in [0.29, 0.717) is 16.9 Å². The van der Waals surface area contributed by atoms with E-state index < -0.39 is 6.04 Å². The first-order chi connectivity index (χ1) is 20.7. The summed E-state index contributed by atoms with van der Waals surface area (Å²) in [6, 6.07) is 18.6. The zero-order chi connectivity index (χ0) is 30.4. The molecule has 1 aliphatic heterocycles. The highest BCUT2D eigenvalue weighted by atomic mass is 16.5. The number of rotatable bonds is 9. The summed E-state index contributed by atoms with van der Waals surface area (Å²) in [5.41, 5.74) is 3.82. The predicted octanol–water partition coefficient (Wildman–Crippen LogP) is 5.28. The Bertz CT molecular complexity index is 1490. The minimum atomic E-state index is -0.931. The lowest BCUT2D eigenvalue weighted by Gasteiger charge is -2.35. The molecule has 3 heterocycles. The van der Waals surface area contributed by atoms with Crippen molar-refractivity contribution in [3.63, 3.8) is 0 Å². The molecule has 1 atom stereocenters. The molecule has 1 fully saturated rings. The number of carbonyl (C=O) groups excluding carboxylic acids is 2. The average Bonchev–Trinajstić information content (AvgIpc) is 3.56. The highest BCUT2D eigenvalue weighted by Crippen LogP contribution is 2.32. The smallest absolute Gasteiger partial charge is 0.277 e. The molecule has 0 bridgehead atoms. The number of likely N-dealkylation sites (tertiary alicyclic amines) is 1. The summed E-state index contributed by atoms with van der Waals surface area (Å²) in [5.74, 6) is 0.258. The molecule has 1 saturated heterocycles. The lowest BCUT2D eigenvalue weighted by molar-refractivity contribution is -0.123. The fourth-order valence-corrected chi connectivity index (χ4v) is 5.51. The fourth-order valence-electron chi connectivity index (χ4n) is 5.51. The van der Waals surface area contributed by atoms with E-state index >= 15 is 0 Å². The van der Waals surface area contributed by atoms with E-state index in [9.17, 15) is 9.59 Å². The molecule has 43 heavy (non-hydrogen) atoms. The van der Waals surface area contributed by atoms with E-state index in [0.717, 1.165) is 43.8 Å². The van der Waals surface area contributed by atoms with Crippen LogP contribution in [0, 0.1) is 0 Å². The van der Waals surface area contributed by atoms with Crippen molar-refractivity contribution in [3.05, 3.63) is 108 Å². The van der Waals surface area contributed by atoms with Gasteiger partial charge in [-0.1, -0.05) is 51.1 Å². The summed E-state index contributed by atoms with van der Waals surface area (Å²) in [5, 5.41) is 3.27. The first-order valence-electron chi connectivity index (χ1n) is 14.7. The number of methoxy groups -OCH3 is 1. The molecule has 1 aliphatic rings. The third-order valence-electron chi connectivity index (χ3n) is 7.94. The number of nitrogens with one attached hydrogen (secondary N) is 2. The number of aromatic amines is 1. The Kier molecular flexibility index (Phi) is 9.21. The minimum Gasteiger partial charge on any atom is -0.497 e. The predicted molar refractivity (Wildman–Crippen MR) is 167 cm³/mol. The summed E-state index contributed by atoms with van der Waals surface area (Å²) in [4.78, 5) is 43.4. The van der Waals surface area contributed by atoms with Crippen LogP contribution in [-0.2, 0) is 16.8 Å². The van der Waals surface area contributed by atoms with Gasteiger partial charge in [-0.3, -0.25) is 24.4 Å². The molecule has 2 aromatic heterocycles. The highest BCUT2D eigenvalue weighted by Gasteiger charge is 2.36. The second-order valence-corrected chi connectivity index (χ2v) is 12.0. The van der Waals surface area contributed by atoms with Crippen LogP contribution in [0.2, 0.25) is 0 Å². The second-order valence-electron chi connectivity index (χ2n) is 12.0. The molecule has 9 nitrogen and oxygen atoms in total. The van der Waals surface area contributed by atoms with E-state index in [-0.39, 0.29) is 23.3 Å². The Morgan fingerprint density at radius 3 is 2.44 bits per heavy atom.